The summed E-state index contributed by atoms with van der Waals surface area (Å²) in [6.07, 6.45) is 0. The van der Waals surface area contributed by atoms with Crippen LogP contribution in [0.15, 0.2) is 66.7 Å². The van der Waals surface area contributed by atoms with E-state index in [-0.39, 0.29) is 5.91 Å². The van der Waals surface area contributed by atoms with Gasteiger partial charge in [0, 0.05) is 25.3 Å². The molecule has 33 heavy (non-hydrogen) atoms. The average molecular weight is 444 g/mol. The minimum absolute atomic E-state index is 0.153. The molecule has 4 rings (SSSR count). The molecule has 1 aliphatic heterocycles. The van der Waals surface area contributed by atoms with Crippen LogP contribution in [-0.4, -0.2) is 54.2 Å². The van der Waals surface area contributed by atoms with Crippen molar-refractivity contribution in [2.75, 3.05) is 26.0 Å². The smallest absolute Gasteiger partial charge is 0.325 e. The van der Waals surface area contributed by atoms with E-state index < -0.39 is 29.9 Å². The second-order valence-electron chi connectivity index (χ2n) is 8.30. The van der Waals surface area contributed by atoms with Gasteiger partial charge in [0.15, 0.2) is 0 Å². The number of hydrogen-bond acceptors (Lipinski definition) is 4. The van der Waals surface area contributed by atoms with Crippen LogP contribution in [0.5, 0.6) is 0 Å². The molecule has 1 unspecified atom stereocenters. The number of carbonyl (C=O) groups is 4. The zero-order valence-corrected chi connectivity index (χ0v) is 18.6. The molecule has 3 aromatic rings. The Bertz CT molecular complexity index is 1260. The molecule has 1 saturated heterocycles. The summed E-state index contributed by atoms with van der Waals surface area (Å²) in [5.74, 6) is -1.17. The third-order valence-corrected chi connectivity index (χ3v) is 5.73. The fourth-order valence-corrected chi connectivity index (χ4v) is 3.98. The van der Waals surface area contributed by atoms with Gasteiger partial charge in [-0.15, -0.1) is 0 Å². The summed E-state index contributed by atoms with van der Waals surface area (Å²) in [5, 5.41) is 7.22. The lowest BCUT2D eigenvalue weighted by molar-refractivity contribution is -0.133. The van der Waals surface area contributed by atoms with Gasteiger partial charge in [0.05, 0.1) is 0 Å². The van der Waals surface area contributed by atoms with Crippen molar-refractivity contribution in [1.29, 1.82) is 0 Å². The molecule has 0 spiro atoms. The number of hydrogen-bond donors (Lipinski definition) is 2. The molecule has 2 N–H and O–H groups in total. The standard InChI is InChI=1S/C25H24N4O4/c1-25(20-10-6-8-16-7-4-5-9-19(16)20)23(32)29(24(33)27-25)15-21(30)26-18-13-11-17(12-14-18)22(31)28(2)3/h4-14H,15H2,1-3H3,(H,26,30)(H,27,33). The third kappa shape index (κ3) is 4.03. The molecule has 0 radical (unpaired) electrons. The van der Waals surface area contributed by atoms with E-state index in [9.17, 15) is 19.2 Å². The summed E-state index contributed by atoms with van der Waals surface area (Å²) >= 11 is 0. The molecule has 0 saturated carbocycles. The number of imide groups is 1. The van der Waals surface area contributed by atoms with Crippen LogP contribution >= 0.6 is 0 Å². The van der Waals surface area contributed by atoms with Gasteiger partial charge >= 0.3 is 6.03 Å². The largest absolute Gasteiger partial charge is 0.345 e. The number of nitrogens with one attached hydrogen (secondary N) is 2. The van der Waals surface area contributed by atoms with Crippen LogP contribution in [0.25, 0.3) is 10.8 Å². The van der Waals surface area contributed by atoms with E-state index in [2.05, 4.69) is 10.6 Å². The molecule has 1 aliphatic rings. The molecule has 5 amide bonds. The molecule has 8 heteroatoms. The molecule has 168 valence electrons. The topological polar surface area (TPSA) is 98.8 Å². The van der Waals surface area contributed by atoms with Crippen molar-refractivity contribution < 1.29 is 19.2 Å². The highest BCUT2D eigenvalue weighted by atomic mass is 16.2. The Morgan fingerprint density at radius 2 is 1.64 bits per heavy atom. The van der Waals surface area contributed by atoms with Crippen molar-refractivity contribution in [3.05, 3.63) is 77.9 Å². The summed E-state index contributed by atoms with van der Waals surface area (Å²) in [7, 11) is 3.31. The van der Waals surface area contributed by atoms with Crippen molar-refractivity contribution in [3.63, 3.8) is 0 Å². The summed E-state index contributed by atoms with van der Waals surface area (Å²) in [5.41, 5.74) is 0.326. The van der Waals surface area contributed by atoms with Gasteiger partial charge < -0.3 is 15.5 Å². The van der Waals surface area contributed by atoms with Gasteiger partial charge in [0.25, 0.3) is 11.8 Å². The van der Waals surface area contributed by atoms with E-state index in [4.69, 9.17) is 0 Å². The first-order valence-electron chi connectivity index (χ1n) is 10.4. The first-order valence-corrected chi connectivity index (χ1v) is 10.4. The Hall–Kier alpha value is -4.20. The molecule has 3 aromatic carbocycles. The maximum atomic E-state index is 13.3. The Kier molecular flexibility index (Phi) is 5.59. The number of amides is 5. The van der Waals surface area contributed by atoms with Crippen LogP contribution in [0.2, 0.25) is 0 Å². The predicted octanol–water partition coefficient (Wildman–Crippen LogP) is 2.95. The summed E-state index contributed by atoms with van der Waals surface area (Å²) in [6, 6.07) is 19.0. The number of rotatable bonds is 5. The highest BCUT2D eigenvalue weighted by Gasteiger charge is 2.50. The van der Waals surface area contributed by atoms with Gasteiger partial charge in [-0.3, -0.25) is 19.3 Å². The Labute approximate surface area is 191 Å². The van der Waals surface area contributed by atoms with E-state index in [0.717, 1.165) is 15.7 Å². The zero-order valence-electron chi connectivity index (χ0n) is 18.6. The number of urea groups is 1. The second-order valence-corrected chi connectivity index (χ2v) is 8.30. The normalized spacial score (nSPS) is 17.7. The monoisotopic (exact) mass is 444 g/mol. The highest BCUT2D eigenvalue weighted by Crippen LogP contribution is 2.33. The second kappa shape index (κ2) is 8.38. The Morgan fingerprint density at radius 3 is 2.33 bits per heavy atom. The lowest BCUT2D eigenvalue weighted by atomic mass is 9.88. The number of nitrogens with zero attached hydrogens (tertiary/aromatic N) is 2. The Balaban J connectivity index is 1.50. The van der Waals surface area contributed by atoms with Crippen LogP contribution in [0, 0.1) is 0 Å². The van der Waals surface area contributed by atoms with Gasteiger partial charge in [0.2, 0.25) is 5.91 Å². The number of anilines is 1. The minimum Gasteiger partial charge on any atom is -0.345 e. The highest BCUT2D eigenvalue weighted by molar-refractivity contribution is 6.11. The predicted molar refractivity (Wildman–Crippen MR) is 125 cm³/mol. The number of benzene rings is 3. The molecule has 8 nitrogen and oxygen atoms in total. The fraction of sp³-hybridized carbons (Fsp3) is 0.200. The van der Waals surface area contributed by atoms with E-state index in [1.165, 1.54) is 4.90 Å². The van der Waals surface area contributed by atoms with Crippen molar-refractivity contribution in [3.8, 4) is 0 Å². The van der Waals surface area contributed by atoms with Crippen LogP contribution in [0.3, 0.4) is 0 Å². The molecule has 0 bridgehead atoms. The van der Waals surface area contributed by atoms with Crippen LogP contribution in [0.1, 0.15) is 22.8 Å². The summed E-state index contributed by atoms with van der Waals surface area (Å²) in [4.78, 5) is 52.9. The molecular formula is C25H24N4O4. The number of carbonyl (C=O) groups excluding carboxylic acids is 4. The van der Waals surface area contributed by atoms with Crippen molar-refractivity contribution in [2.45, 2.75) is 12.5 Å². The maximum absolute atomic E-state index is 13.3. The summed E-state index contributed by atoms with van der Waals surface area (Å²) in [6.45, 7) is 1.22. The average Bonchev–Trinajstić information content (AvgIpc) is 3.02. The molecular weight excluding hydrogens is 420 g/mol. The quantitative estimate of drug-likeness (QED) is 0.591. The minimum atomic E-state index is -1.29. The van der Waals surface area contributed by atoms with Crippen LogP contribution < -0.4 is 10.6 Å². The fourth-order valence-electron chi connectivity index (χ4n) is 3.98. The summed E-state index contributed by atoms with van der Waals surface area (Å²) < 4.78 is 0. The first kappa shape index (κ1) is 22.0. The van der Waals surface area contributed by atoms with E-state index in [0.29, 0.717) is 16.8 Å². The lowest BCUT2D eigenvalue weighted by Crippen LogP contribution is -2.42. The SMILES string of the molecule is CN(C)C(=O)c1ccc(NC(=O)CN2C(=O)NC(C)(c3cccc4ccccc34)C2=O)cc1. The van der Waals surface area contributed by atoms with E-state index >= 15 is 0 Å². The van der Waals surface area contributed by atoms with Gasteiger partial charge in [-0.2, -0.15) is 0 Å². The van der Waals surface area contributed by atoms with Gasteiger partial charge in [-0.1, -0.05) is 42.5 Å². The van der Waals surface area contributed by atoms with Gasteiger partial charge in [-0.05, 0) is 47.5 Å². The third-order valence-electron chi connectivity index (χ3n) is 5.73. The van der Waals surface area contributed by atoms with Crippen LogP contribution in [0.4, 0.5) is 10.5 Å². The lowest BCUT2D eigenvalue weighted by Gasteiger charge is -2.24. The molecule has 1 fully saturated rings. The maximum Gasteiger partial charge on any atom is 0.325 e. The van der Waals surface area contributed by atoms with Crippen LogP contribution in [-0.2, 0) is 15.1 Å². The van der Waals surface area contributed by atoms with Gasteiger partial charge in [0.1, 0.15) is 12.1 Å². The van der Waals surface area contributed by atoms with E-state index in [1.54, 1.807) is 51.4 Å². The first-order chi connectivity index (χ1) is 15.7. The van der Waals surface area contributed by atoms with Crippen molar-refractivity contribution >= 4 is 40.2 Å². The zero-order chi connectivity index (χ0) is 23.8. The van der Waals surface area contributed by atoms with Crippen molar-refractivity contribution in [1.82, 2.24) is 15.1 Å². The van der Waals surface area contributed by atoms with Gasteiger partial charge in [-0.25, -0.2) is 4.79 Å². The van der Waals surface area contributed by atoms with E-state index in [1.807, 2.05) is 36.4 Å². The molecule has 1 atom stereocenters. The molecule has 0 aromatic heterocycles. The molecule has 1 heterocycles. The molecule has 0 aliphatic carbocycles. The number of fused-ring (bicyclic) bond motifs is 1. The Morgan fingerprint density at radius 1 is 0.970 bits per heavy atom. The van der Waals surface area contributed by atoms with Crippen molar-refractivity contribution in [2.24, 2.45) is 0 Å².